The Morgan fingerprint density at radius 3 is 2.57 bits per heavy atom. The van der Waals surface area contributed by atoms with Gasteiger partial charge in [-0.1, -0.05) is 47.5 Å². The first kappa shape index (κ1) is 22.7. The first-order chi connectivity index (χ1) is 16.8. The van der Waals surface area contributed by atoms with E-state index < -0.39 is 23.5 Å². The molecule has 0 aliphatic carbocycles. The molecule has 6 nitrogen and oxygen atoms in total. The molecule has 0 saturated heterocycles. The maximum absolute atomic E-state index is 13.8. The summed E-state index contributed by atoms with van der Waals surface area (Å²) in [5.74, 6) is -1.40. The summed E-state index contributed by atoms with van der Waals surface area (Å²) in [4.78, 5) is 28.7. The number of hydrogen-bond acceptors (Lipinski definition) is 5. The second-order valence-corrected chi connectivity index (χ2v) is 8.93. The van der Waals surface area contributed by atoms with Crippen LogP contribution in [0.3, 0.4) is 0 Å². The highest BCUT2D eigenvalue weighted by Crippen LogP contribution is 2.45. The molecule has 4 aromatic rings. The normalized spacial score (nSPS) is 15.8. The number of hydrogen-bond donors (Lipinski definition) is 1. The molecule has 0 fully saturated rings. The minimum absolute atomic E-state index is 0.000933. The van der Waals surface area contributed by atoms with Gasteiger partial charge in [-0.05, 0) is 55.8 Å². The fourth-order valence-corrected chi connectivity index (χ4v) is 4.79. The van der Waals surface area contributed by atoms with Crippen molar-refractivity contribution in [2.24, 2.45) is 0 Å². The van der Waals surface area contributed by atoms with Crippen LogP contribution in [-0.2, 0) is 4.79 Å². The Balaban J connectivity index is 1.71. The minimum Gasteiger partial charge on any atom is -0.503 e. The van der Waals surface area contributed by atoms with Crippen LogP contribution in [0.2, 0.25) is 5.02 Å². The maximum Gasteiger partial charge on any atom is 0.294 e. The molecule has 1 N–H and O–H groups in total. The third-order valence-electron chi connectivity index (χ3n) is 6.20. The number of anilines is 1. The van der Waals surface area contributed by atoms with E-state index in [-0.39, 0.29) is 11.3 Å². The van der Waals surface area contributed by atoms with Crippen LogP contribution in [0.5, 0.6) is 5.75 Å². The van der Waals surface area contributed by atoms with E-state index >= 15 is 0 Å². The van der Waals surface area contributed by atoms with Crippen molar-refractivity contribution in [3.8, 4) is 5.75 Å². The average Bonchev–Trinajstić information content (AvgIpc) is 3.37. The summed E-state index contributed by atoms with van der Waals surface area (Å²) in [5.41, 5.74) is 3.41. The molecule has 0 spiro atoms. The minimum atomic E-state index is -0.927. The van der Waals surface area contributed by atoms with Crippen LogP contribution in [0.1, 0.15) is 33.3 Å². The third kappa shape index (κ3) is 3.76. The molecule has 176 valence electrons. The molecule has 1 atom stereocenters. The van der Waals surface area contributed by atoms with Crippen LogP contribution >= 0.6 is 11.6 Å². The second kappa shape index (κ2) is 8.64. The molecule has 1 amide bonds. The lowest BCUT2D eigenvalue weighted by atomic mass is 9.93. The SMILES string of the molecule is COc1ccccc1C1C(C(=O)c2cc3cc(Cl)ccc3o2)=C(O)C(=O)N1c1ccc(C)cc1C. The summed E-state index contributed by atoms with van der Waals surface area (Å²) in [6.07, 6.45) is 0. The summed E-state index contributed by atoms with van der Waals surface area (Å²) in [6, 6.07) is 18.4. The van der Waals surface area contributed by atoms with Gasteiger partial charge in [0, 0.05) is 21.7 Å². The second-order valence-electron chi connectivity index (χ2n) is 8.49. The first-order valence-corrected chi connectivity index (χ1v) is 11.4. The zero-order valence-corrected chi connectivity index (χ0v) is 20.1. The van der Waals surface area contributed by atoms with Crippen molar-refractivity contribution in [3.05, 3.63) is 106 Å². The number of para-hydroxylation sites is 1. The number of rotatable bonds is 5. The van der Waals surface area contributed by atoms with Crippen molar-refractivity contribution in [2.75, 3.05) is 12.0 Å². The first-order valence-electron chi connectivity index (χ1n) is 11.0. The number of halogens is 1. The predicted molar refractivity (Wildman–Crippen MR) is 134 cm³/mol. The summed E-state index contributed by atoms with van der Waals surface area (Å²) >= 11 is 6.09. The number of ether oxygens (including phenoxy) is 1. The Labute approximate surface area is 207 Å². The molecular formula is C28H22ClNO5. The van der Waals surface area contributed by atoms with Crippen molar-refractivity contribution in [1.29, 1.82) is 0 Å². The number of benzene rings is 3. The van der Waals surface area contributed by atoms with Gasteiger partial charge in [0.1, 0.15) is 11.3 Å². The number of furan rings is 1. The Kier molecular flexibility index (Phi) is 5.61. The van der Waals surface area contributed by atoms with Crippen molar-refractivity contribution >= 4 is 39.9 Å². The fourth-order valence-electron chi connectivity index (χ4n) is 4.61. The molecule has 5 rings (SSSR count). The molecule has 0 radical (unpaired) electrons. The Morgan fingerprint density at radius 2 is 1.83 bits per heavy atom. The molecular weight excluding hydrogens is 466 g/mol. The number of amides is 1. The number of carbonyl (C=O) groups excluding carboxylic acids is 2. The topological polar surface area (TPSA) is 80.0 Å². The highest BCUT2D eigenvalue weighted by atomic mass is 35.5. The zero-order valence-electron chi connectivity index (χ0n) is 19.3. The van der Waals surface area contributed by atoms with Gasteiger partial charge in [0.15, 0.2) is 11.5 Å². The molecule has 0 bridgehead atoms. The Bertz CT molecular complexity index is 1530. The standard InChI is InChI=1S/C28H22ClNO5/c1-15-8-10-20(16(2)12-15)30-25(19-6-4-5-7-22(19)34-3)24(27(32)28(30)33)26(31)23-14-17-13-18(29)9-11-21(17)35-23/h4-14,25,32H,1-3H3. The summed E-state index contributed by atoms with van der Waals surface area (Å²) in [7, 11) is 1.52. The smallest absolute Gasteiger partial charge is 0.294 e. The predicted octanol–water partition coefficient (Wildman–Crippen LogP) is 6.49. The van der Waals surface area contributed by atoms with E-state index in [9.17, 15) is 14.7 Å². The molecule has 1 aromatic heterocycles. The molecule has 1 aliphatic rings. The van der Waals surface area contributed by atoms with Crippen LogP contribution in [0.15, 0.2) is 82.5 Å². The van der Waals surface area contributed by atoms with E-state index in [0.29, 0.717) is 33.0 Å². The van der Waals surface area contributed by atoms with Crippen LogP contribution in [0.4, 0.5) is 5.69 Å². The molecule has 35 heavy (non-hydrogen) atoms. The van der Waals surface area contributed by atoms with Gasteiger partial charge in [-0.3, -0.25) is 14.5 Å². The van der Waals surface area contributed by atoms with E-state index in [1.165, 1.54) is 12.0 Å². The van der Waals surface area contributed by atoms with E-state index in [1.807, 2.05) is 32.0 Å². The number of aliphatic hydroxyl groups excluding tert-OH is 1. The number of carbonyl (C=O) groups is 2. The van der Waals surface area contributed by atoms with Crippen molar-refractivity contribution < 1.29 is 23.8 Å². The van der Waals surface area contributed by atoms with Gasteiger partial charge in [-0.25, -0.2) is 0 Å². The van der Waals surface area contributed by atoms with Gasteiger partial charge >= 0.3 is 0 Å². The number of fused-ring (bicyclic) bond motifs is 1. The lowest BCUT2D eigenvalue weighted by Gasteiger charge is -2.29. The number of aryl methyl sites for hydroxylation is 2. The molecule has 1 aliphatic heterocycles. The third-order valence-corrected chi connectivity index (χ3v) is 6.44. The number of methoxy groups -OCH3 is 1. The van der Waals surface area contributed by atoms with E-state index in [1.54, 1.807) is 48.5 Å². The molecule has 0 saturated carbocycles. The van der Waals surface area contributed by atoms with E-state index in [0.717, 1.165) is 11.1 Å². The highest BCUT2D eigenvalue weighted by Gasteiger charge is 2.46. The molecule has 1 unspecified atom stereocenters. The highest BCUT2D eigenvalue weighted by molar-refractivity contribution is 6.31. The number of Topliss-reactive ketones (excluding diaryl/α,β-unsaturated/α-hetero) is 1. The van der Waals surface area contributed by atoms with Gasteiger partial charge in [-0.15, -0.1) is 0 Å². The molecule has 7 heteroatoms. The fraction of sp³-hybridized carbons (Fsp3) is 0.143. The van der Waals surface area contributed by atoms with Crippen LogP contribution in [0, 0.1) is 13.8 Å². The summed E-state index contributed by atoms with van der Waals surface area (Å²) in [5, 5.41) is 12.2. The quantitative estimate of drug-likeness (QED) is 0.325. The van der Waals surface area contributed by atoms with Gasteiger partial charge in [-0.2, -0.15) is 0 Å². The van der Waals surface area contributed by atoms with E-state index in [4.69, 9.17) is 20.8 Å². The van der Waals surface area contributed by atoms with Crippen molar-refractivity contribution in [2.45, 2.75) is 19.9 Å². The van der Waals surface area contributed by atoms with Crippen LogP contribution in [-0.4, -0.2) is 23.9 Å². The Morgan fingerprint density at radius 1 is 1.06 bits per heavy atom. The van der Waals surface area contributed by atoms with Gasteiger partial charge < -0.3 is 14.3 Å². The summed E-state index contributed by atoms with van der Waals surface area (Å²) in [6.45, 7) is 3.84. The molecule has 3 aromatic carbocycles. The Hall–Kier alpha value is -4.03. The zero-order chi connectivity index (χ0) is 24.9. The van der Waals surface area contributed by atoms with Crippen LogP contribution in [0.25, 0.3) is 11.0 Å². The van der Waals surface area contributed by atoms with Crippen molar-refractivity contribution in [3.63, 3.8) is 0 Å². The van der Waals surface area contributed by atoms with Gasteiger partial charge in [0.25, 0.3) is 5.91 Å². The lowest BCUT2D eigenvalue weighted by Crippen LogP contribution is -2.32. The van der Waals surface area contributed by atoms with Crippen molar-refractivity contribution in [1.82, 2.24) is 0 Å². The summed E-state index contributed by atoms with van der Waals surface area (Å²) < 4.78 is 11.4. The number of nitrogens with zero attached hydrogens (tertiary/aromatic N) is 1. The maximum atomic E-state index is 13.8. The van der Waals surface area contributed by atoms with Gasteiger partial charge in [0.2, 0.25) is 5.78 Å². The molecule has 2 heterocycles. The van der Waals surface area contributed by atoms with Crippen LogP contribution < -0.4 is 9.64 Å². The average molecular weight is 488 g/mol. The van der Waals surface area contributed by atoms with E-state index in [2.05, 4.69) is 0 Å². The number of aliphatic hydroxyl groups is 1. The van der Waals surface area contributed by atoms with Gasteiger partial charge in [0.05, 0.1) is 18.7 Å². The number of ketones is 1. The monoisotopic (exact) mass is 487 g/mol. The largest absolute Gasteiger partial charge is 0.503 e. The lowest BCUT2D eigenvalue weighted by molar-refractivity contribution is -0.117.